The number of hydrogen-bond donors (Lipinski definition) is 3. The number of hydrogen-bond acceptors (Lipinski definition) is 5. The second kappa shape index (κ2) is 10.5. The maximum absolute atomic E-state index is 12.5. The summed E-state index contributed by atoms with van der Waals surface area (Å²) < 4.78 is 10.7. The van der Waals surface area contributed by atoms with Crippen LogP contribution in [0.4, 0.5) is 0 Å². The molecule has 2 aromatic rings. The van der Waals surface area contributed by atoms with Crippen LogP contribution in [0.15, 0.2) is 42.5 Å². The van der Waals surface area contributed by atoms with Crippen molar-refractivity contribution in [2.75, 3.05) is 27.3 Å². The zero-order valence-electron chi connectivity index (χ0n) is 17.3. The van der Waals surface area contributed by atoms with E-state index < -0.39 is 0 Å². The Balaban J connectivity index is 1.98. The minimum absolute atomic E-state index is 0.136. The minimum atomic E-state index is -0.308. The Bertz CT molecular complexity index is 834. The summed E-state index contributed by atoms with van der Waals surface area (Å²) in [7, 11) is 3.00. The van der Waals surface area contributed by atoms with Gasteiger partial charge in [0.05, 0.1) is 7.11 Å². The van der Waals surface area contributed by atoms with Gasteiger partial charge in [-0.2, -0.15) is 0 Å². The highest BCUT2D eigenvalue weighted by molar-refractivity contribution is 5.95. The molecule has 0 aromatic heterocycles. The van der Waals surface area contributed by atoms with Crippen molar-refractivity contribution in [3.05, 3.63) is 59.2 Å². The summed E-state index contributed by atoms with van der Waals surface area (Å²) in [5, 5.41) is 5.31. The molecule has 0 saturated heterocycles. The van der Waals surface area contributed by atoms with E-state index in [1.807, 2.05) is 12.1 Å². The highest BCUT2D eigenvalue weighted by Crippen LogP contribution is 2.28. The van der Waals surface area contributed by atoms with Crippen LogP contribution in [0.25, 0.3) is 0 Å². The first kappa shape index (κ1) is 22.2. The van der Waals surface area contributed by atoms with Crippen molar-refractivity contribution in [2.24, 2.45) is 5.73 Å². The van der Waals surface area contributed by atoms with E-state index in [4.69, 9.17) is 15.2 Å². The van der Waals surface area contributed by atoms with E-state index in [2.05, 4.69) is 36.6 Å². The van der Waals surface area contributed by atoms with Crippen LogP contribution in [-0.4, -0.2) is 39.1 Å². The molecule has 0 spiro atoms. The molecule has 156 valence electrons. The number of carbonyl (C=O) groups excluding carboxylic acids is 2. The predicted octanol–water partition coefficient (Wildman–Crippen LogP) is 2.37. The van der Waals surface area contributed by atoms with Crippen LogP contribution in [0.2, 0.25) is 0 Å². The van der Waals surface area contributed by atoms with Crippen molar-refractivity contribution in [1.82, 2.24) is 10.6 Å². The van der Waals surface area contributed by atoms with Crippen molar-refractivity contribution in [1.29, 1.82) is 0 Å². The van der Waals surface area contributed by atoms with Crippen molar-refractivity contribution in [2.45, 2.75) is 25.8 Å². The summed E-state index contributed by atoms with van der Waals surface area (Å²) in [5.41, 5.74) is 8.83. The van der Waals surface area contributed by atoms with E-state index >= 15 is 0 Å². The largest absolute Gasteiger partial charge is 0.493 e. The quantitative estimate of drug-likeness (QED) is 0.601. The van der Waals surface area contributed by atoms with Gasteiger partial charge in [0.15, 0.2) is 18.1 Å². The molecule has 2 rings (SSSR count). The van der Waals surface area contributed by atoms with Gasteiger partial charge in [-0.05, 0) is 35.2 Å². The molecule has 0 heterocycles. The first-order chi connectivity index (χ1) is 13.8. The highest BCUT2D eigenvalue weighted by atomic mass is 16.5. The molecule has 1 atom stereocenters. The zero-order chi connectivity index (χ0) is 21.4. The Morgan fingerprint density at radius 3 is 2.28 bits per heavy atom. The molecule has 0 fully saturated rings. The molecular weight excluding hydrogens is 370 g/mol. The molecule has 0 bridgehead atoms. The number of amides is 2. The van der Waals surface area contributed by atoms with Crippen molar-refractivity contribution in [3.63, 3.8) is 0 Å². The molecule has 29 heavy (non-hydrogen) atoms. The number of nitrogens with one attached hydrogen (secondary N) is 2. The minimum Gasteiger partial charge on any atom is -0.493 e. The van der Waals surface area contributed by atoms with E-state index in [1.54, 1.807) is 18.2 Å². The third kappa shape index (κ3) is 6.22. The fourth-order valence-corrected chi connectivity index (χ4v) is 2.69. The molecule has 0 saturated carbocycles. The number of ether oxygens (including phenoxy) is 2. The van der Waals surface area contributed by atoms with Crippen molar-refractivity contribution >= 4 is 11.8 Å². The Morgan fingerprint density at radius 1 is 1.03 bits per heavy atom. The molecular formula is C22H29N3O4. The number of carbonyl (C=O) groups is 2. The van der Waals surface area contributed by atoms with Gasteiger partial charge in [0.2, 0.25) is 0 Å². The third-order valence-electron chi connectivity index (χ3n) is 4.58. The number of rotatable bonds is 9. The maximum Gasteiger partial charge on any atom is 0.257 e. The first-order valence-corrected chi connectivity index (χ1v) is 9.50. The standard InChI is InChI=1S/C22H29N3O4/c1-14(2)15-5-7-16(8-6-15)18(23)12-25-22(27)17-9-10-19(20(11-17)28-4)29-13-21(26)24-3/h5-11,14,18H,12-13,23H2,1-4H3,(H,24,26)(H,25,27). The van der Waals surface area contributed by atoms with Gasteiger partial charge in [-0.3, -0.25) is 9.59 Å². The summed E-state index contributed by atoms with van der Waals surface area (Å²) in [4.78, 5) is 23.8. The number of methoxy groups -OCH3 is 1. The number of nitrogens with two attached hydrogens (primary N) is 1. The van der Waals surface area contributed by atoms with Gasteiger partial charge in [0.1, 0.15) is 0 Å². The molecule has 1 unspecified atom stereocenters. The molecule has 7 heteroatoms. The summed E-state index contributed by atoms with van der Waals surface area (Å²) in [6, 6.07) is 12.6. The predicted molar refractivity (Wildman–Crippen MR) is 112 cm³/mol. The van der Waals surface area contributed by atoms with Crippen LogP contribution >= 0.6 is 0 Å². The summed E-state index contributed by atoms with van der Waals surface area (Å²) in [6.45, 7) is 4.44. The van der Waals surface area contributed by atoms with Crippen LogP contribution in [0.1, 0.15) is 47.3 Å². The van der Waals surface area contributed by atoms with Crippen LogP contribution in [0.3, 0.4) is 0 Å². The Labute approximate surface area is 171 Å². The van der Waals surface area contributed by atoms with Crippen LogP contribution < -0.4 is 25.8 Å². The van der Waals surface area contributed by atoms with Gasteiger partial charge >= 0.3 is 0 Å². The van der Waals surface area contributed by atoms with E-state index in [-0.39, 0.29) is 24.5 Å². The zero-order valence-corrected chi connectivity index (χ0v) is 17.3. The lowest BCUT2D eigenvalue weighted by Crippen LogP contribution is -2.32. The van der Waals surface area contributed by atoms with E-state index in [1.165, 1.54) is 19.7 Å². The summed E-state index contributed by atoms with van der Waals surface area (Å²) in [5.74, 6) is 0.683. The van der Waals surface area contributed by atoms with E-state index in [0.717, 1.165) is 5.56 Å². The van der Waals surface area contributed by atoms with Crippen LogP contribution in [-0.2, 0) is 4.79 Å². The van der Waals surface area contributed by atoms with Gasteiger partial charge in [-0.15, -0.1) is 0 Å². The smallest absolute Gasteiger partial charge is 0.257 e. The normalized spacial score (nSPS) is 11.7. The van der Waals surface area contributed by atoms with Gasteiger partial charge in [-0.25, -0.2) is 0 Å². The number of benzene rings is 2. The average Bonchev–Trinajstić information content (AvgIpc) is 2.75. The Morgan fingerprint density at radius 2 is 1.69 bits per heavy atom. The summed E-state index contributed by atoms with van der Waals surface area (Å²) in [6.07, 6.45) is 0. The fraction of sp³-hybridized carbons (Fsp3) is 0.364. The molecule has 0 radical (unpaired) electrons. The van der Waals surface area contributed by atoms with E-state index in [9.17, 15) is 9.59 Å². The van der Waals surface area contributed by atoms with Gasteiger partial charge in [0.25, 0.3) is 11.8 Å². The maximum atomic E-state index is 12.5. The third-order valence-corrected chi connectivity index (χ3v) is 4.58. The second-order valence-electron chi connectivity index (χ2n) is 6.97. The average molecular weight is 399 g/mol. The molecule has 7 nitrogen and oxygen atoms in total. The molecule has 0 aliphatic heterocycles. The molecule has 2 aromatic carbocycles. The lowest BCUT2D eigenvalue weighted by molar-refractivity contribution is -0.122. The molecule has 0 aliphatic carbocycles. The van der Waals surface area contributed by atoms with Gasteiger partial charge < -0.3 is 25.8 Å². The molecule has 2 amide bonds. The molecule has 0 aliphatic rings. The van der Waals surface area contributed by atoms with E-state index in [0.29, 0.717) is 29.5 Å². The lowest BCUT2D eigenvalue weighted by atomic mass is 9.99. The SMILES string of the molecule is CNC(=O)COc1ccc(C(=O)NCC(N)c2ccc(C(C)C)cc2)cc1OC. The van der Waals surface area contributed by atoms with Gasteiger partial charge in [-0.1, -0.05) is 38.1 Å². The van der Waals surface area contributed by atoms with Crippen LogP contribution in [0.5, 0.6) is 11.5 Å². The molecule has 4 N–H and O–H groups in total. The van der Waals surface area contributed by atoms with Crippen LogP contribution in [0, 0.1) is 0 Å². The highest BCUT2D eigenvalue weighted by Gasteiger charge is 2.14. The monoisotopic (exact) mass is 399 g/mol. The first-order valence-electron chi connectivity index (χ1n) is 9.50. The Kier molecular flexibility index (Phi) is 8.03. The topological polar surface area (TPSA) is 103 Å². The van der Waals surface area contributed by atoms with Crippen molar-refractivity contribution in [3.8, 4) is 11.5 Å². The fourth-order valence-electron chi connectivity index (χ4n) is 2.69. The number of likely N-dealkylation sites (N-methyl/N-ethyl adjacent to an activating group) is 1. The van der Waals surface area contributed by atoms with Crippen molar-refractivity contribution < 1.29 is 19.1 Å². The lowest BCUT2D eigenvalue weighted by Gasteiger charge is -2.15. The summed E-state index contributed by atoms with van der Waals surface area (Å²) >= 11 is 0. The van der Waals surface area contributed by atoms with Gasteiger partial charge in [0, 0.05) is 25.2 Å². The second-order valence-corrected chi connectivity index (χ2v) is 6.97. The Hall–Kier alpha value is -3.06.